The van der Waals surface area contributed by atoms with Gasteiger partial charge in [-0.2, -0.15) is 0 Å². The molecule has 0 bridgehead atoms. The fourth-order valence-corrected chi connectivity index (χ4v) is 4.99. The lowest BCUT2D eigenvalue weighted by Gasteiger charge is -2.27. The van der Waals surface area contributed by atoms with Crippen molar-refractivity contribution >= 4 is 28.8 Å². The first-order chi connectivity index (χ1) is 16.0. The number of thiazole rings is 1. The average Bonchev–Trinajstić information content (AvgIpc) is 3.51. The van der Waals surface area contributed by atoms with Gasteiger partial charge in [-0.05, 0) is 48.7 Å². The van der Waals surface area contributed by atoms with Crippen LogP contribution >= 0.6 is 22.9 Å². The molecule has 4 rings (SSSR count). The molecule has 0 radical (unpaired) electrons. The van der Waals surface area contributed by atoms with Crippen molar-refractivity contribution < 1.29 is 19.0 Å². The molecular formula is C25H26ClFN2O3S. The quantitative estimate of drug-likeness (QED) is 0.418. The van der Waals surface area contributed by atoms with Gasteiger partial charge in [-0.1, -0.05) is 36.6 Å². The monoisotopic (exact) mass is 488 g/mol. The molecule has 174 valence electrons. The zero-order valence-corrected chi connectivity index (χ0v) is 19.7. The van der Waals surface area contributed by atoms with E-state index in [1.54, 1.807) is 29.6 Å². The third kappa shape index (κ3) is 6.31. The van der Waals surface area contributed by atoms with Crippen molar-refractivity contribution in [3.8, 4) is 5.75 Å². The Balaban J connectivity index is 1.55. The van der Waals surface area contributed by atoms with Crippen LogP contribution in [0.5, 0.6) is 5.75 Å². The molecule has 33 heavy (non-hydrogen) atoms. The zero-order valence-electron chi connectivity index (χ0n) is 18.2. The lowest BCUT2D eigenvalue weighted by Crippen LogP contribution is -2.34. The Kier molecular flexibility index (Phi) is 7.96. The Morgan fingerprint density at radius 2 is 1.94 bits per heavy atom. The van der Waals surface area contributed by atoms with Gasteiger partial charge in [-0.25, -0.2) is 9.37 Å². The standard InChI is InChI=1S/C25H26ClFN2O3S/c26-20-7-10-23(32-15-24-28-22(14-30)16-33-24)19(11-20)13-29(25(31)18-3-1-2-4-18)12-17-5-8-21(27)9-6-17/h5-11,16,18,30H,1-4,12-15H2. The van der Waals surface area contributed by atoms with Crippen LogP contribution in [0.2, 0.25) is 5.02 Å². The molecule has 0 unspecified atom stereocenters. The molecule has 3 aromatic rings. The predicted molar refractivity (Wildman–Crippen MR) is 126 cm³/mol. The number of benzene rings is 2. The summed E-state index contributed by atoms with van der Waals surface area (Å²) in [6.07, 6.45) is 3.93. The number of aliphatic hydroxyl groups excluding tert-OH is 1. The molecule has 0 saturated heterocycles. The van der Waals surface area contributed by atoms with Crippen LogP contribution in [-0.4, -0.2) is 20.9 Å². The van der Waals surface area contributed by atoms with E-state index in [2.05, 4.69) is 4.98 Å². The molecule has 1 aliphatic rings. The van der Waals surface area contributed by atoms with E-state index >= 15 is 0 Å². The number of aliphatic hydroxyl groups is 1. The number of nitrogens with zero attached hydrogens (tertiary/aromatic N) is 2. The van der Waals surface area contributed by atoms with E-state index in [0.717, 1.165) is 41.8 Å². The molecule has 8 heteroatoms. The van der Waals surface area contributed by atoms with Crippen LogP contribution in [0.1, 0.15) is 47.5 Å². The molecule has 1 amide bonds. The normalized spacial score (nSPS) is 13.9. The molecule has 1 fully saturated rings. The number of aromatic nitrogens is 1. The number of amides is 1. The maximum Gasteiger partial charge on any atom is 0.226 e. The lowest BCUT2D eigenvalue weighted by atomic mass is 10.0. The number of rotatable bonds is 9. The zero-order chi connectivity index (χ0) is 23.2. The topological polar surface area (TPSA) is 62.7 Å². The van der Waals surface area contributed by atoms with E-state index in [0.29, 0.717) is 29.6 Å². The van der Waals surface area contributed by atoms with E-state index in [1.807, 2.05) is 11.0 Å². The van der Waals surface area contributed by atoms with Crippen molar-refractivity contribution in [2.75, 3.05) is 0 Å². The summed E-state index contributed by atoms with van der Waals surface area (Å²) in [4.78, 5) is 19.5. The van der Waals surface area contributed by atoms with Gasteiger partial charge >= 0.3 is 0 Å². The van der Waals surface area contributed by atoms with Crippen LogP contribution < -0.4 is 4.74 Å². The number of carbonyl (C=O) groups is 1. The highest BCUT2D eigenvalue weighted by atomic mass is 35.5. The van der Waals surface area contributed by atoms with Crippen molar-refractivity contribution in [2.45, 2.75) is 52.0 Å². The van der Waals surface area contributed by atoms with Crippen molar-refractivity contribution in [1.82, 2.24) is 9.88 Å². The van der Waals surface area contributed by atoms with E-state index in [4.69, 9.17) is 16.3 Å². The molecule has 1 N–H and O–H groups in total. The van der Waals surface area contributed by atoms with E-state index in [1.165, 1.54) is 23.5 Å². The Morgan fingerprint density at radius 1 is 1.18 bits per heavy atom. The van der Waals surface area contributed by atoms with Crippen molar-refractivity contribution in [3.63, 3.8) is 0 Å². The van der Waals surface area contributed by atoms with E-state index in [9.17, 15) is 14.3 Å². The molecule has 5 nitrogen and oxygen atoms in total. The summed E-state index contributed by atoms with van der Waals surface area (Å²) in [6.45, 7) is 0.869. The maximum atomic E-state index is 13.4. The predicted octanol–water partition coefficient (Wildman–Crippen LogP) is 5.73. The van der Waals surface area contributed by atoms with Crippen LogP contribution in [0, 0.1) is 11.7 Å². The molecule has 0 aliphatic heterocycles. The molecule has 1 heterocycles. The first-order valence-corrected chi connectivity index (χ1v) is 12.3. The number of carbonyl (C=O) groups excluding carboxylic acids is 1. The van der Waals surface area contributed by atoms with Gasteiger partial charge in [0.05, 0.1) is 12.3 Å². The summed E-state index contributed by atoms with van der Waals surface area (Å²) in [6, 6.07) is 11.6. The van der Waals surface area contributed by atoms with Gasteiger partial charge in [-0.3, -0.25) is 4.79 Å². The average molecular weight is 489 g/mol. The number of halogens is 2. The molecule has 2 aromatic carbocycles. The van der Waals surface area contributed by atoms with Crippen molar-refractivity contribution in [3.05, 3.63) is 80.5 Å². The summed E-state index contributed by atoms with van der Waals surface area (Å²) in [5.41, 5.74) is 2.28. The second-order valence-corrected chi connectivity index (χ2v) is 9.61. The second kappa shape index (κ2) is 11.1. The highest BCUT2D eigenvalue weighted by molar-refractivity contribution is 7.09. The van der Waals surface area contributed by atoms with Gasteiger partial charge < -0.3 is 14.7 Å². The van der Waals surface area contributed by atoms with Crippen molar-refractivity contribution in [1.29, 1.82) is 0 Å². The van der Waals surface area contributed by atoms with Gasteiger partial charge in [0, 0.05) is 35.0 Å². The second-order valence-electron chi connectivity index (χ2n) is 8.23. The van der Waals surface area contributed by atoms with Gasteiger partial charge in [-0.15, -0.1) is 11.3 Å². The van der Waals surface area contributed by atoms with Crippen LogP contribution in [-0.2, 0) is 31.1 Å². The minimum Gasteiger partial charge on any atom is -0.486 e. The largest absolute Gasteiger partial charge is 0.486 e. The first kappa shape index (κ1) is 23.7. The van der Waals surface area contributed by atoms with Crippen LogP contribution in [0.3, 0.4) is 0 Å². The molecule has 1 aromatic heterocycles. The minimum absolute atomic E-state index is 0.0150. The fourth-order valence-electron chi connectivity index (χ4n) is 4.10. The smallest absolute Gasteiger partial charge is 0.226 e. The maximum absolute atomic E-state index is 13.4. The lowest BCUT2D eigenvalue weighted by molar-refractivity contribution is -0.136. The Morgan fingerprint density at radius 3 is 2.64 bits per heavy atom. The number of hydrogen-bond donors (Lipinski definition) is 1. The van der Waals surface area contributed by atoms with Gasteiger partial charge in [0.1, 0.15) is 23.2 Å². The summed E-state index contributed by atoms with van der Waals surface area (Å²) < 4.78 is 19.4. The van der Waals surface area contributed by atoms with E-state index in [-0.39, 0.29) is 30.9 Å². The van der Waals surface area contributed by atoms with Gasteiger partial charge in [0.2, 0.25) is 5.91 Å². The minimum atomic E-state index is -0.301. The SMILES string of the molecule is O=C(C1CCCC1)N(Cc1ccc(F)cc1)Cc1cc(Cl)ccc1OCc1nc(CO)cs1. The highest BCUT2D eigenvalue weighted by Gasteiger charge is 2.28. The van der Waals surface area contributed by atoms with Crippen LogP contribution in [0.15, 0.2) is 47.8 Å². The van der Waals surface area contributed by atoms with Gasteiger partial charge in [0.15, 0.2) is 0 Å². The summed E-state index contributed by atoms with van der Waals surface area (Å²) in [5, 5.41) is 12.3. The Labute approximate surface area is 201 Å². The molecular weight excluding hydrogens is 463 g/mol. The molecule has 1 saturated carbocycles. The summed E-state index contributed by atoms with van der Waals surface area (Å²) in [7, 11) is 0. The van der Waals surface area contributed by atoms with E-state index < -0.39 is 0 Å². The van der Waals surface area contributed by atoms with Crippen LogP contribution in [0.25, 0.3) is 0 Å². The number of hydrogen-bond acceptors (Lipinski definition) is 5. The third-order valence-corrected chi connectivity index (χ3v) is 6.91. The van der Waals surface area contributed by atoms with Crippen molar-refractivity contribution in [2.24, 2.45) is 5.92 Å². The first-order valence-electron chi connectivity index (χ1n) is 11.0. The Hall–Kier alpha value is -2.48. The molecule has 0 spiro atoms. The van der Waals surface area contributed by atoms with Crippen LogP contribution in [0.4, 0.5) is 4.39 Å². The highest BCUT2D eigenvalue weighted by Crippen LogP contribution is 2.30. The molecule has 0 atom stereocenters. The summed E-state index contributed by atoms with van der Waals surface area (Å²) >= 11 is 7.71. The van der Waals surface area contributed by atoms with Gasteiger partial charge in [0.25, 0.3) is 0 Å². The fraction of sp³-hybridized carbons (Fsp3) is 0.360. The summed E-state index contributed by atoms with van der Waals surface area (Å²) in [5.74, 6) is 0.449. The third-order valence-electron chi connectivity index (χ3n) is 5.80. The number of ether oxygens (including phenoxy) is 1. The Bertz CT molecular complexity index is 1080. The molecule has 1 aliphatic carbocycles.